The maximum absolute atomic E-state index is 13.0. The van der Waals surface area contributed by atoms with E-state index < -0.39 is 17.7 Å². The van der Waals surface area contributed by atoms with Crippen molar-refractivity contribution in [2.75, 3.05) is 33.8 Å². The topological polar surface area (TPSA) is 70.1 Å². The molecule has 0 saturated carbocycles. The summed E-state index contributed by atoms with van der Waals surface area (Å²) >= 11 is 3.37. The highest BCUT2D eigenvalue weighted by molar-refractivity contribution is 9.10. The molecule has 1 N–H and O–H groups in total. The van der Waals surface area contributed by atoms with E-state index in [9.17, 15) is 14.7 Å². The average Bonchev–Trinajstić information content (AvgIpc) is 3.01. The second-order valence-electron chi connectivity index (χ2n) is 7.72. The minimum atomic E-state index is -0.686. The van der Waals surface area contributed by atoms with Crippen molar-refractivity contribution in [3.63, 3.8) is 0 Å². The van der Waals surface area contributed by atoms with E-state index >= 15 is 0 Å². The van der Waals surface area contributed by atoms with E-state index in [1.165, 1.54) is 4.90 Å². The fourth-order valence-corrected chi connectivity index (χ4v) is 3.79. The second kappa shape index (κ2) is 10.1. The number of likely N-dealkylation sites (tertiary alicyclic amines) is 1. The molecule has 31 heavy (non-hydrogen) atoms. The van der Waals surface area contributed by atoms with Crippen molar-refractivity contribution in [2.45, 2.75) is 19.4 Å². The van der Waals surface area contributed by atoms with Crippen LogP contribution in [0.25, 0.3) is 5.76 Å². The van der Waals surface area contributed by atoms with E-state index in [0.717, 1.165) is 16.5 Å². The molecule has 0 aliphatic carbocycles. The number of hydrogen-bond donors (Lipinski definition) is 1. The number of likely N-dealkylation sites (N-methyl/N-ethyl adjacent to an activating group) is 1. The second-order valence-corrected chi connectivity index (χ2v) is 8.64. The van der Waals surface area contributed by atoms with Gasteiger partial charge in [-0.25, -0.2) is 0 Å². The molecule has 0 unspecified atom stereocenters. The normalized spacial score (nSPS) is 18.1. The van der Waals surface area contributed by atoms with Gasteiger partial charge in [-0.1, -0.05) is 47.1 Å². The fourth-order valence-electron chi connectivity index (χ4n) is 3.52. The van der Waals surface area contributed by atoms with Crippen molar-refractivity contribution in [1.82, 2.24) is 9.80 Å². The molecule has 1 aliphatic rings. The summed E-state index contributed by atoms with van der Waals surface area (Å²) in [6.45, 7) is 3.55. The van der Waals surface area contributed by atoms with Crippen LogP contribution in [0.4, 0.5) is 0 Å². The Balaban J connectivity index is 2.11. The van der Waals surface area contributed by atoms with Gasteiger partial charge in [-0.2, -0.15) is 0 Å². The fraction of sp³-hybridized carbons (Fsp3) is 0.333. The van der Waals surface area contributed by atoms with Crippen LogP contribution in [-0.2, 0) is 9.59 Å². The summed E-state index contributed by atoms with van der Waals surface area (Å²) < 4.78 is 6.61. The van der Waals surface area contributed by atoms with E-state index in [1.807, 2.05) is 50.2 Å². The Morgan fingerprint density at radius 2 is 1.87 bits per heavy atom. The van der Waals surface area contributed by atoms with Gasteiger partial charge in [0.1, 0.15) is 11.5 Å². The number of amides is 1. The summed E-state index contributed by atoms with van der Waals surface area (Å²) in [5.41, 5.74) is 1.31. The highest BCUT2D eigenvalue weighted by Gasteiger charge is 2.46. The minimum absolute atomic E-state index is 0.0960. The Bertz CT molecular complexity index is 985. The van der Waals surface area contributed by atoms with Crippen LogP contribution in [0.1, 0.15) is 30.5 Å². The number of benzene rings is 2. The molecule has 0 aromatic heterocycles. The average molecular weight is 487 g/mol. The molecule has 2 aromatic carbocycles. The van der Waals surface area contributed by atoms with Crippen LogP contribution < -0.4 is 4.74 Å². The Morgan fingerprint density at radius 1 is 1.16 bits per heavy atom. The quantitative estimate of drug-likeness (QED) is 0.343. The summed E-state index contributed by atoms with van der Waals surface area (Å²) in [5.74, 6) is -0.793. The van der Waals surface area contributed by atoms with Gasteiger partial charge in [0, 0.05) is 23.1 Å². The van der Waals surface area contributed by atoms with Crippen LogP contribution in [-0.4, -0.2) is 60.4 Å². The number of halogens is 1. The lowest BCUT2D eigenvalue weighted by Gasteiger charge is -2.27. The maximum Gasteiger partial charge on any atom is 0.295 e. The van der Waals surface area contributed by atoms with Crippen LogP contribution in [0, 0.1) is 0 Å². The molecule has 6 nitrogen and oxygen atoms in total. The zero-order chi connectivity index (χ0) is 22.5. The highest BCUT2D eigenvalue weighted by Crippen LogP contribution is 2.40. The van der Waals surface area contributed by atoms with Crippen LogP contribution in [0.2, 0.25) is 0 Å². The molecule has 1 atom stereocenters. The van der Waals surface area contributed by atoms with Crippen LogP contribution in [0.15, 0.2) is 58.6 Å². The number of Topliss-reactive ketones (excluding diaryl/α,β-unsaturated/α-hetero) is 1. The van der Waals surface area contributed by atoms with Gasteiger partial charge in [0.25, 0.3) is 11.7 Å². The molecule has 2 aromatic rings. The molecule has 164 valence electrons. The third-order valence-corrected chi connectivity index (χ3v) is 5.62. The van der Waals surface area contributed by atoms with Crippen molar-refractivity contribution in [2.24, 2.45) is 0 Å². The van der Waals surface area contributed by atoms with Gasteiger partial charge in [-0.3, -0.25) is 9.59 Å². The Kier molecular flexibility index (Phi) is 7.51. The number of aliphatic hydroxyl groups is 1. The number of ketones is 1. The highest BCUT2D eigenvalue weighted by atomic mass is 79.9. The Morgan fingerprint density at radius 3 is 2.52 bits per heavy atom. The maximum atomic E-state index is 13.0. The molecule has 0 spiro atoms. The Labute approximate surface area is 191 Å². The number of carbonyl (C=O) groups excluding carboxylic acids is 2. The first-order valence-electron chi connectivity index (χ1n) is 10.2. The van der Waals surface area contributed by atoms with Gasteiger partial charge in [-0.15, -0.1) is 0 Å². The summed E-state index contributed by atoms with van der Waals surface area (Å²) in [4.78, 5) is 29.4. The number of nitrogens with zero attached hydrogens (tertiary/aromatic N) is 2. The standard InChI is InChI=1S/C24H27BrN2O4/c1-4-14-31-19-7-5-6-17(15-19)21-20(22(28)16-8-10-18(25)11-9-16)23(29)24(30)27(21)13-12-26(2)3/h5-11,15,21,28H,4,12-14H2,1-3H3/b22-20+/t21-/m1/s1. The molecular weight excluding hydrogens is 460 g/mol. The lowest BCUT2D eigenvalue weighted by atomic mass is 9.95. The van der Waals surface area contributed by atoms with E-state index in [4.69, 9.17) is 4.74 Å². The zero-order valence-corrected chi connectivity index (χ0v) is 19.6. The third-order valence-electron chi connectivity index (χ3n) is 5.09. The molecule has 1 aliphatic heterocycles. The molecule has 0 radical (unpaired) electrons. The first-order chi connectivity index (χ1) is 14.8. The van der Waals surface area contributed by atoms with Gasteiger partial charge >= 0.3 is 0 Å². The van der Waals surface area contributed by atoms with E-state index in [2.05, 4.69) is 15.9 Å². The first-order valence-corrected chi connectivity index (χ1v) is 11.0. The molecule has 0 bridgehead atoms. The van der Waals surface area contributed by atoms with Crippen molar-refractivity contribution < 1.29 is 19.4 Å². The molecule has 1 heterocycles. The third kappa shape index (κ3) is 5.17. The van der Waals surface area contributed by atoms with Gasteiger partial charge in [0.15, 0.2) is 0 Å². The van der Waals surface area contributed by atoms with Gasteiger partial charge < -0.3 is 19.6 Å². The Hall–Kier alpha value is -2.64. The first kappa shape index (κ1) is 23.0. The molecule has 1 amide bonds. The van der Waals surface area contributed by atoms with E-state index in [1.54, 1.807) is 24.3 Å². The molecule has 1 saturated heterocycles. The predicted octanol–water partition coefficient (Wildman–Crippen LogP) is 4.22. The number of ether oxygens (including phenoxy) is 1. The number of aliphatic hydroxyl groups excluding tert-OH is 1. The SMILES string of the molecule is CCCOc1cccc([C@@H]2/C(=C(\O)c3ccc(Br)cc3)C(=O)C(=O)N2CCN(C)C)c1. The van der Waals surface area contributed by atoms with Crippen molar-refractivity contribution in [3.8, 4) is 5.75 Å². The van der Waals surface area contributed by atoms with Crippen molar-refractivity contribution in [1.29, 1.82) is 0 Å². The van der Waals surface area contributed by atoms with Gasteiger partial charge in [0.2, 0.25) is 0 Å². The minimum Gasteiger partial charge on any atom is -0.507 e. The predicted molar refractivity (Wildman–Crippen MR) is 124 cm³/mol. The molecular formula is C24H27BrN2O4. The van der Waals surface area contributed by atoms with Crippen molar-refractivity contribution in [3.05, 3.63) is 69.7 Å². The largest absolute Gasteiger partial charge is 0.507 e. The van der Waals surface area contributed by atoms with Crippen LogP contribution in [0.3, 0.4) is 0 Å². The number of hydrogen-bond acceptors (Lipinski definition) is 5. The summed E-state index contributed by atoms with van der Waals surface area (Å²) in [5, 5.41) is 11.1. The number of carbonyl (C=O) groups is 2. The summed E-state index contributed by atoms with van der Waals surface area (Å²) in [6, 6.07) is 13.7. The lowest BCUT2D eigenvalue weighted by molar-refractivity contribution is -0.140. The lowest BCUT2D eigenvalue weighted by Crippen LogP contribution is -2.35. The van der Waals surface area contributed by atoms with Gasteiger partial charge in [0.05, 0.1) is 18.2 Å². The summed E-state index contributed by atoms with van der Waals surface area (Å²) in [7, 11) is 3.82. The molecule has 1 fully saturated rings. The molecule has 7 heteroatoms. The smallest absolute Gasteiger partial charge is 0.295 e. The van der Waals surface area contributed by atoms with E-state index in [0.29, 0.717) is 31.0 Å². The monoisotopic (exact) mass is 486 g/mol. The van der Waals surface area contributed by atoms with Crippen molar-refractivity contribution >= 4 is 33.4 Å². The van der Waals surface area contributed by atoms with E-state index in [-0.39, 0.29) is 11.3 Å². The summed E-state index contributed by atoms with van der Waals surface area (Å²) in [6.07, 6.45) is 0.870. The zero-order valence-electron chi connectivity index (χ0n) is 18.0. The molecule has 3 rings (SSSR count). The number of rotatable bonds is 8. The van der Waals surface area contributed by atoms with Gasteiger partial charge in [-0.05, 0) is 50.3 Å². The van der Waals surface area contributed by atoms with Crippen LogP contribution >= 0.6 is 15.9 Å². The van der Waals surface area contributed by atoms with Crippen LogP contribution in [0.5, 0.6) is 5.75 Å².